The molecule has 0 spiro atoms. The van der Waals surface area contributed by atoms with Crippen LogP contribution in [0.5, 0.6) is 0 Å². The van der Waals surface area contributed by atoms with Gasteiger partial charge < -0.3 is 4.74 Å². The molecule has 0 heterocycles. The lowest BCUT2D eigenvalue weighted by Gasteiger charge is -2.13. The third-order valence-electron chi connectivity index (χ3n) is 2.90. The van der Waals surface area contributed by atoms with Crippen LogP contribution in [0.15, 0.2) is 12.2 Å². The van der Waals surface area contributed by atoms with E-state index in [1.807, 2.05) is 0 Å². The van der Waals surface area contributed by atoms with Gasteiger partial charge in [0.25, 0.3) is 0 Å². The van der Waals surface area contributed by atoms with E-state index < -0.39 is 0 Å². The number of hydrogen-bond donors (Lipinski definition) is 0. The molecule has 96 valence electrons. The first kappa shape index (κ1) is 15.7. The molecule has 0 aromatic carbocycles. The SMILES string of the molecule is CCCC/C=C\CCCCC(CC)OCC. The maximum atomic E-state index is 5.63. The highest BCUT2D eigenvalue weighted by atomic mass is 16.5. The average Bonchev–Trinajstić information content (AvgIpc) is 2.31. The molecule has 0 saturated carbocycles. The Morgan fingerprint density at radius 3 is 2.19 bits per heavy atom. The highest BCUT2D eigenvalue weighted by Gasteiger charge is 2.03. The topological polar surface area (TPSA) is 9.23 Å². The molecule has 0 amide bonds. The lowest BCUT2D eigenvalue weighted by atomic mass is 10.1. The minimum absolute atomic E-state index is 0.495. The molecule has 1 heteroatoms. The Bertz CT molecular complexity index is 152. The fourth-order valence-corrected chi connectivity index (χ4v) is 1.83. The van der Waals surface area contributed by atoms with Gasteiger partial charge in [-0.05, 0) is 39.0 Å². The van der Waals surface area contributed by atoms with Crippen molar-refractivity contribution in [3.63, 3.8) is 0 Å². The first-order valence-corrected chi connectivity index (χ1v) is 7.11. The Balaban J connectivity index is 3.27. The van der Waals surface area contributed by atoms with Crippen LogP contribution in [0.3, 0.4) is 0 Å². The van der Waals surface area contributed by atoms with Gasteiger partial charge in [0.1, 0.15) is 0 Å². The molecule has 0 aromatic heterocycles. The Labute approximate surface area is 102 Å². The predicted octanol–water partition coefficient (Wildman–Crippen LogP) is 5.11. The second kappa shape index (κ2) is 12.8. The molecule has 1 nitrogen and oxygen atoms in total. The van der Waals surface area contributed by atoms with E-state index in [1.165, 1.54) is 44.9 Å². The third-order valence-corrected chi connectivity index (χ3v) is 2.90. The van der Waals surface area contributed by atoms with Crippen molar-refractivity contribution >= 4 is 0 Å². The second-order valence-electron chi connectivity index (χ2n) is 4.38. The van der Waals surface area contributed by atoms with Crippen molar-refractivity contribution in [3.05, 3.63) is 12.2 Å². The van der Waals surface area contributed by atoms with Crippen LogP contribution in [0, 0.1) is 0 Å². The number of unbranched alkanes of at least 4 members (excludes halogenated alkanes) is 4. The van der Waals surface area contributed by atoms with Crippen molar-refractivity contribution < 1.29 is 4.74 Å². The van der Waals surface area contributed by atoms with E-state index >= 15 is 0 Å². The monoisotopic (exact) mass is 226 g/mol. The molecule has 0 radical (unpaired) electrons. The molecule has 0 saturated heterocycles. The maximum absolute atomic E-state index is 5.63. The highest BCUT2D eigenvalue weighted by Crippen LogP contribution is 2.10. The summed E-state index contributed by atoms with van der Waals surface area (Å²) < 4.78 is 5.63. The molecule has 0 bridgehead atoms. The van der Waals surface area contributed by atoms with Crippen LogP contribution in [0.25, 0.3) is 0 Å². The molecule has 1 unspecified atom stereocenters. The quantitative estimate of drug-likeness (QED) is 0.351. The fraction of sp³-hybridized carbons (Fsp3) is 0.867. The van der Waals surface area contributed by atoms with E-state index in [2.05, 4.69) is 32.9 Å². The first-order chi connectivity index (χ1) is 7.85. The summed E-state index contributed by atoms with van der Waals surface area (Å²) in [5.74, 6) is 0. The Hall–Kier alpha value is -0.300. The van der Waals surface area contributed by atoms with Gasteiger partial charge in [-0.25, -0.2) is 0 Å². The molecule has 1 atom stereocenters. The van der Waals surface area contributed by atoms with Crippen LogP contribution >= 0.6 is 0 Å². The van der Waals surface area contributed by atoms with E-state index in [-0.39, 0.29) is 0 Å². The molecule has 0 fully saturated rings. The Morgan fingerprint density at radius 2 is 1.62 bits per heavy atom. The van der Waals surface area contributed by atoms with Crippen molar-refractivity contribution in [1.82, 2.24) is 0 Å². The molecule has 0 aliphatic carbocycles. The van der Waals surface area contributed by atoms with Gasteiger partial charge in [0.15, 0.2) is 0 Å². The third kappa shape index (κ3) is 10.2. The lowest BCUT2D eigenvalue weighted by Crippen LogP contribution is -2.11. The summed E-state index contributed by atoms with van der Waals surface area (Å²) in [7, 11) is 0. The van der Waals surface area contributed by atoms with Crippen LogP contribution < -0.4 is 0 Å². The first-order valence-electron chi connectivity index (χ1n) is 7.11. The summed E-state index contributed by atoms with van der Waals surface area (Å²) in [6.07, 6.45) is 15.3. The van der Waals surface area contributed by atoms with Crippen LogP contribution in [0.4, 0.5) is 0 Å². The summed E-state index contributed by atoms with van der Waals surface area (Å²) >= 11 is 0. The summed E-state index contributed by atoms with van der Waals surface area (Å²) in [6, 6.07) is 0. The van der Waals surface area contributed by atoms with Gasteiger partial charge in [0.05, 0.1) is 6.10 Å². The summed E-state index contributed by atoms with van der Waals surface area (Å²) in [5, 5.41) is 0. The van der Waals surface area contributed by atoms with Crippen LogP contribution in [-0.4, -0.2) is 12.7 Å². The van der Waals surface area contributed by atoms with Gasteiger partial charge in [-0.15, -0.1) is 0 Å². The zero-order valence-corrected chi connectivity index (χ0v) is 11.5. The van der Waals surface area contributed by atoms with E-state index in [0.29, 0.717) is 6.10 Å². The van der Waals surface area contributed by atoms with Gasteiger partial charge in [-0.1, -0.05) is 45.3 Å². The van der Waals surface area contributed by atoms with Gasteiger partial charge in [-0.3, -0.25) is 0 Å². The van der Waals surface area contributed by atoms with E-state index in [4.69, 9.17) is 4.74 Å². The summed E-state index contributed by atoms with van der Waals surface area (Å²) in [5.41, 5.74) is 0. The standard InChI is InChI=1S/C15H30O/c1-4-7-8-9-10-11-12-13-14-15(5-2)16-6-3/h9-10,15H,4-8,11-14H2,1-3H3/b10-9-. The van der Waals surface area contributed by atoms with Crippen LogP contribution in [0.1, 0.15) is 72.1 Å². The number of allylic oxidation sites excluding steroid dienone is 2. The fourth-order valence-electron chi connectivity index (χ4n) is 1.83. The lowest BCUT2D eigenvalue weighted by molar-refractivity contribution is 0.0525. The van der Waals surface area contributed by atoms with Gasteiger partial charge in [0, 0.05) is 6.61 Å². The van der Waals surface area contributed by atoms with Gasteiger partial charge in [0.2, 0.25) is 0 Å². The zero-order chi connectivity index (χ0) is 12.1. The Morgan fingerprint density at radius 1 is 0.938 bits per heavy atom. The van der Waals surface area contributed by atoms with E-state index in [9.17, 15) is 0 Å². The molecule has 0 N–H and O–H groups in total. The maximum Gasteiger partial charge on any atom is 0.0572 e. The molecular weight excluding hydrogens is 196 g/mol. The molecule has 0 aliphatic heterocycles. The predicted molar refractivity (Wildman–Crippen MR) is 72.8 cm³/mol. The van der Waals surface area contributed by atoms with Crippen molar-refractivity contribution in [3.8, 4) is 0 Å². The van der Waals surface area contributed by atoms with Crippen molar-refractivity contribution in [1.29, 1.82) is 0 Å². The highest BCUT2D eigenvalue weighted by molar-refractivity contribution is 4.81. The van der Waals surface area contributed by atoms with Crippen molar-refractivity contribution in [2.24, 2.45) is 0 Å². The minimum Gasteiger partial charge on any atom is -0.379 e. The smallest absolute Gasteiger partial charge is 0.0572 e. The molecule has 0 rings (SSSR count). The normalized spacial score (nSPS) is 13.4. The van der Waals surface area contributed by atoms with Crippen LogP contribution in [0.2, 0.25) is 0 Å². The van der Waals surface area contributed by atoms with E-state index in [1.54, 1.807) is 0 Å². The second-order valence-corrected chi connectivity index (χ2v) is 4.38. The largest absolute Gasteiger partial charge is 0.379 e. The summed E-state index contributed by atoms with van der Waals surface area (Å²) in [6.45, 7) is 7.39. The molecule has 16 heavy (non-hydrogen) atoms. The molecule has 0 aliphatic rings. The van der Waals surface area contributed by atoms with Crippen molar-refractivity contribution in [2.75, 3.05) is 6.61 Å². The summed E-state index contributed by atoms with van der Waals surface area (Å²) in [4.78, 5) is 0. The molecule has 0 aromatic rings. The average molecular weight is 226 g/mol. The van der Waals surface area contributed by atoms with Gasteiger partial charge >= 0.3 is 0 Å². The number of rotatable bonds is 11. The zero-order valence-electron chi connectivity index (χ0n) is 11.5. The van der Waals surface area contributed by atoms with Gasteiger partial charge in [-0.2, -0.15) is 0 Å². The van der Waals surface area contributed by atoms with E-state index in [0.717, 1.165) is 13.0 Å². The number of hydrogen-bond acceptors (Lipinski definition) is 1. The van der Waals surface area contributed by atoms with Crippen LogP contribution in [-0.2, 0) is 4.74 Å². The minimum atomic E-state index is 0.495. The van der Waals surface area contributed by atoms with Crippen molar-refractivity contribution in [2.45, 2.75) is 78.2 Å². The Kier molecular flexibility index (Phi) is 12.5. The molecular formula is C15H30O. The number of ether oxygens (including phenoxy) is 1.